The lowest BCUT2D eigenvalue weighted by molar-refractivity contribution is 0.548. The van der Waals surface area contributed by atoms with Crippen molar-refractivity contribution in [1.29, 1.82) is 0 Å². The molecular weight excluding hydrogens is 226 g/mol. The van der Waals surface area contributed by atoms with Gasteiger partial charge in [-0.05, 0) is 20.8 Å². The summed E-state index contributed by atoms with van der Waals surface area (Å²) in [5.41, 5.74) is 6.35. The third kappa shape index (κ3) is 3.05. The summed E-state index contributed by atoms with van der Waals surface area (Å²) in [6.07, 6.45) is 3.43. The van der Waals surface area contributed by atoms with Gasteiger partial charge in [0.25, 0.3) is 0 Å². The van der Waals surface area contributed by atoms with E-state index in [1.807, 2.05) is 0 Å². The topological polar surface area (TPSA) is 78.0 Å². The Bertz CT molecular complexity index is 443. The Balaban J connectivity index is 2.65. The molecule has 6 heteroatoms. The quantitative estimate of drug-likeness (QED) is 0.840. The van der Waals surface area contributed by atoms with E-state index in [1.165, 1.54) is 0 Å². The third-order valence-electron chi connectivity index (χ3n) is 2.44. The van der Waals surface area contributed by atoms with Gasteiger partial charge in [0.05, 0.1) is 23.2 Å². The van der Waals surface area contributed by atoms with Crippen LogP contribution >= 0.6 is 0 Å². The number of aryl methyl sites for hydroxylation is 1. The van der Waals surface area contributed by atoms with Crippen molar-refractivity contribution in [2.45, 2.75) is 38.6 Å². The van der Waals surface area contributed by atoms with Crippen LogP contribution in [0, 0.1) is 0 Å². The maximum Gasteiger partial charge on any atom is 0.157 e. The molecule has 0 unspecified atom stereocenters. The van der Waals surface area contributed by atoms with Crippen molar-refractivity contribution < 1.29 is 8.42 Å². The summed E-state index contributed by atoms with van der Waals surface area (Å²) >= 11 is 0. The van der Waals surface area contributed by atoms with Gasteiger partial charge in [-0.3, -0.25) is 4.68 Å². The Hall–Kier alpha value is -0.880. The van der Waals surface area contributed by atoms with Crippen molar-refractivity contribution in [1.82, 2.24) is 9.78 Å². The van der Waals surface area contributed by atoms with Crippen molar-refractivity contribution in [2.24, 2.45) is 5.73 Å². The van der Waals surface area contributed by atoms with Crippen LogP contribution in [0.2, 0.25) is 0 Å². The molecule has 0 bridgehead atoms. The summed E-state index contributed by atoms with van der Waals surface area (Å²) in [5.74, 6) is 0.0994. The molecule has 0 atom stereocenters. The molecule has 0 aromatic carbocycles. The van der Waals surface area contributed by atoms with Gasteiger partial charge in [0.1, 0.15) is 0 Å². The lowest BCUT2D eigenvalue weighted by Gasteiger charge is -2.18. The van der Waals surface area contributed by atoms with Crippen LogP contribution in [0.5, 0.6) is 0 Å². The average molecular weight is 245 g/mol. The van der Waals surface area contributed by atoms with E-state index in [9.17, 15) is 8.42 Å². The van der Waals surface area contributed by atoms with Gasteiger partial charge >= 0.3 is 0 Å². The molecule has 0 saturated heterocycles. The van der Waals surface area contributed by atoms with Crippen LogP contribution in [0.1, 0.15) is 26.3 Å². The standard InChI is InChI=1S/C10H19N3O2S/c1-10(2,3)16(14,15)5-4-13-8-9(6-11)7-12-13/h7-8H,4-6,11H2,1-3H3. The van der Waals surface area contributed by atoms with Crippen molar-refractivity contribution in [2.75, 3.05) is 5.75 Å². The lowest BCUT2D eigenvalue weighted by Crippen LogP contribution is -2.32. The highest BCUT2D eigenvalue weighted by Gasteiger charge is 2.28. The first kappa shape index (κ1) is 13.2. The third-order valence-corrected chi connectivity index (χ3v) is 5.03. The molecule has 0 spiro atoms. The number of hydrogen-bond donors (Lipinski definition) is 1. The predicted molar refractivity (Wildman–Crippen MR) is 63.7 cm³/mol. The zero-order valence-electron chi connectivity index (χ0n) is 9.97. The number of nitrogens with zero attached hydrogens (tertiary/aromatic N) is 2. The van der Waals surface area contributed by atoms with Gasteiger partial charge in [-0.1, -0.05) is 0 Å². The molecule has 0 aliphatic heterocycles. The first-order valence-electron chi connectivity index (χ1n) is 5.20. The van der Waals surface area contributed by atoms with E-state index >= 15 is 0 Å². The van der Waals surface area contributed by atoms with E-state index in [1.54, 1.807) is 37.8 Å². The SMILES string of the molecule is CC(C)(C)S(=O)(=O)CCn1cc(CN)cn1. The molecule has 92 valence electrons. The van der Waals surface area contributed by atoms with Crippen molar-refractivity contribution in [3.63, 3.8) is 0 Å². The molecular formula is C10H19N3O2S. The minimum atomic E-state index is -3.09. The van der Waals surface area contributed by atoms with E-state index in [4.69, 9.17) is 5.73 Å². The molecule has 0 amide bonds. The number of aromatic nitrogens is 2. The van der Waals surface area contributed by atoms with Gasteiger partial charge in [-0.25, -0.2) is 8.42 Å². The van der Waals surface area contributed by atoms with Gasteiger partial charge in [-0.15, -0.1) is 0 Å². The predicted octanol–water partition coefficient (Wildman–Crippen LogP) is 0.555. The smallest absolute Gasteiger partial charge is 0.157 e. The molecule has 5 nitrogen and oxygen atoms in total. The number of hydrogen-bond acceptors (Lipinski definition) is 4. The Labute approximate surface area is 96.6 Å². The minimum Gasteiger partial charge on any atom is -0.326 e. The number of nitrogens with two attached hydrogens (primary N) is 1. The zero-order valence-corrected chi connectivity index (χ0v) is 10.8. The molecule has 1 aromatic rings. The summed E-state index contributed by atoms with van der Waals surface area (Å²) in [6, 6.07) is 0. The molecule has 1 heterocycles. The molecule has 2 N–H and O–H groups in total. The minimum absolute atomic E-state index is 0.0994. The Morgan fingerprint density at radius 2 is 2.06 bits per heavy atom. The molecule has 16 heavy (non-hydrogen) atoms. The van der Waals surface area contributed by atoms with Crippen LogP contribution < -0.4 is 5.73 Å². The first-order valence-corrected chi connectivity index (χ1v) is 6.85. The average Bonchev–Trinajstić information content (AvgIpc) is 2.60. The maximum atomic E-state index is 11.8. The largest absolute Gasteiger partial charge is 0.326 e. The second-order valence-corrected chi connectivity index (χ2v) is 7.61. The van der Waals surface area contributed by atoms with E-state index in [0.29, 0.717) is 13.1 Å². The molecule has 1 aromatic heterocycles. The summed E-state index contributed by atoms with van der Waals surface area (Å²) in [7, 11) is -3.09. The lowest BCUT2D eigenvalue weighted by atomic mass is 10.3. The number of rotatable bonds is 4. The van der Waals surface area contributed by atoms with Gasteiger partial charge < -0.3 is 5.73 Å². The Morgan fingerprint density at radius 1 is 1.44 bits per heavy atom. The second-order valence-electron chi connectivity index (χ2n) is 4.75. The molecule has 0 aliphatic carbocycles. The molecule has 0 fully saturated rings. The van der Waals surface area contributed by atoms with Crippen molar-refractivity contribution in [3.8, 4) is 0 Å². The molecule has 0 radical (unpaired) electrons. The van der Waals surface area contributed by atoms with Crippen LogP contribution in [0.25, 0.3) is 0 Å². The highest BCUT2D eigenvalue weighted by atomic mass is 32.2. The van der Waals surface area contributed by atoms with E-state index < -0.39 is 14.6 Å². The monoisotopic (exact) mass is 245 g/mol. The van der Waals surface area contributed by atoms with Crippen molar-refractivity contribution in [3.05, 3.63) is 18.0 Å². The molecule has 1 rings (SSSR count). The van der Waals surface area contributed by atoms with Crippen LogP contribution in [-0.4, -0.2) is 28.7 Å². The Morgan fingerprint density at radius 3 is 2.50 bits per heavy atom. The van der Waals surface area contributed by atoms with Gasteiger partial charge in [0.15, 0.2) is 9.84 Å². The summed E-state index contributed by atoms with van der Waals surface area (Å²) in [6.45, 7) is 5.91. The van der Waals surface area contributed by atoms with Crippen LogP contribution in [0.4, 0.5) is 0 Å². The fourth-order valence-electron chi connectivity index (χ4n) is 1.15. The fraction of sp³-hybridized carbons (Fsp3) is 0.700. The van der Waals surface area contributed by atoms with E-state index in [-0.39, 0.29) is 5.75 Å². The number of sulfone groups is 1. The van der Waals surface area contributed by atoms with Gasteiger partial charge in [0.2, 0.25) is 0 Å². The molecule has 0 saturated carbocycles. The summed E-state index contributed by atoms with van der Waals surface area (Å²) < 4.78 is 24.6. The highest BCUT2D eigenvalue weighted by Crippen LogP contribution is 2.16. The summed E-state index contributed by atoms with van der Waals surface area (Å²) in [5, 5.41) is 4.04. The highest BCUT2D eigenvalue weighted by molar-refractivity contribution is 7.92. The van der Waals surface area contributed by atoms with Gasteiger partial charge in [-0.2, -0.15) is 5.10 Å². The van der Waals surface area contributed by atoms with E-state index in [2.05, 4.69) is 5.10 Å². The zero-order chi connectivity index (χ0) is 12.4. The van der Waals surface area contributed by atoms with Crippen LogP contribution in [0.15, 0.2) is 12.4 Å². The van der Waals surface area contributed by atoms with E-state index in [0.717, 1.165) is 5.56 Å². The second kappa shape index (κ2) is 4.55. The van der Waals surface area contributed by atoms with Crippen molar-refractivity contribution >= 4 is 9.84 Å². The molecule has 0 aliphatic rings. The summed E-state index contributed by atoms with van der Waals surface area (Å²) in [4.78, 5) is 0. The Kier molecular flexibility index (Phi) is 3.75. The first-order chi connectivity index (χ1) is 7.26. The normalized spacial score (nSPS) is 13.0. The fourth-order valence-corrected chi connectivity index (χ4v) is 2.19. The van der Waals surface area contributed by atoms with Gasteiger partial charge in [0, 0.05) is 18.3 Å². The maximum absolute atomic E-state index is 11.8. The van der Waals surface area contributed by atoms with Crippen LogP contribution in [-0.2, 0) is 22.9 Å². The van der Waals surface area contributed by atoms with Crippen LogP contribution in [0.3, 0.4) is 0 Å².